The van der Waals surface area contributed by atoms with Crippen LogP contribution in [0.15, 0.2) is 29.2 Å². The van der Waals surface area contributed by atoms with Crippen molar-refractivity contribution in [3.05, 3.63) is 29.8 Å². The highest BCUT2D eigenvalue weighted by atomic mass is 32.2. The minimum atomic E-state index is -3.10. The number of rotatable bonds is 8. The van der Waals surface area contributed by atoms with E-state index in [2.05, 4.69) is 20.8 Å². The van der Waals surface area contributed by atoms with Crippen molar-refractivity contribution in [3.8, 4) is 0 Å². The molecule has 0 aliphatic heterocycles. The van der Waals surface area contributed by atoms with Gasteiger partial charge in [-0.1, -0.05) is 62.6 Å². The summed E-state index contributed by atoms with van der Waals surface area (Å²) < 4.78 is 24.6. The second-order valence-corrected chi connectivity index (χ2v) is 13.5. The van der Waals surface area contributed by atoms with Crippen molar-refractivity contribution in [2.24, 2.45) is 0 Å². The summed E-state index contributed by atoms with van der Waals surface area (Å²) in [6, 6.07) is 12.1. The average Bonchev–Trinajstić information content (AvgIpc) is 2.44. The highest BCUT2D eigenvalue weighted by molar-refractivity contribution is 7.91. The van der Waals surface area contributed by atoms with Crippen LogP contribution < -0.4 is 0 Å². The van der Waals surface area contributed by atoms with E-state index in [-0.39, 0.29) is 0 Å². The molecule has 1 aromatic carbocycles. The summed E-state index contributed by atoms with van der Waals surface area (Å²) in [5.74, 6) is 0.296. The number of hydrogen-bond acceptors (Lipinski definition) is 2. The van der Waals surface area contributed by atoms with Crippen molar-refractivity contribution >= 4 is 17.9 Å². The van der Waals surface area contributed by atoms with Crippen molar-refractivity contribution in [2.45, 2.75) is 63.2 Å². The Kier molecular flexibility index (Phi) is 6.46. The molecule has 0 aromatic heterocycles. The molecule has 0 amide bonds. The van der Waals surface area contributed by atoms with Crippen molar-refractivity contribution in [1.29, 1.82) is 0 Å². The van der Waals surface area contributed by atoms with Gasteiger partial charge in [-0.15, -0.1) is 0 Å². The van der Waals surface area contributed by atoms with E-state index < -0.39 is 17.9 Å². The van der Waals surface area contributed by atoms with E-state index in [0.717, 1.165) is 18.0 Å². The van der Waals surface area contributed by atoms with Crippen molar-refractivity contribution in [3.63, 3.8) is 0 Å². The maximum absolute atomic E-state index is 12.3. The van der Waals surface area contributed by atoms with Crippen LogP contribution >= 0.6 is 0 Å². The quantitative estimate of drug-likeness (QED) is 0.654. The van der Waals surface area contributed by atoms with Crippen molar-refractivity contribution in [2.75, 3.05) is 5.75 Å². The first-order valence-corrected chi connectivity index (χ1v) is 12.2. The third kappa shape index (κ3) is 4.45. The van der Waals surface area contributed by atoms with E-state index in [1.54, 1.807) is 12.1 Å². The zero-order valence-electron chi connectivity index (χ0n) is 13.3. The SMILES string of the molecule is CC[Si](CC)(CC)CCCS(=O)(=O)c1ccc(C)cc1. The summed E-state index contributed by atoms with van der Waals surface area (Å²) in [6.07, 6.45) is 0.817. The van der Waals surface area contributed by atoms with Crippen molar-refractivity contribution < 1.29 is 8.42 Å². The maximum atomic E-state index is 12.3. The predicted molar refractivity (Wildman–Crippen MR) is 89.9 cm³/mol. The second-order valence-electron chi connectivity index (χ2n) is 5.80. The summed E-state index contributed by atoms with van der Waals surface area (Å²) in [5.41, 5.74) is 1.10. The van der Waals surface area contributed by atoms with Crippen LogP contribution in [0.2, 0.25) is 24.2 Å². The monoisotopic (exact) mass is 312 g/mol. The molecule has 0 radical (unpaired) electrons. The first-order valence-electron chi connectivity index (χ1n) is 7.68. The van der Waals surface area contributed by atoms with Crippen LogP contribution in [0.5, 0.6) is 0 Å². The minimum Gasteiger partial charge on any atom is -0.224 e. The van der Waals surface area contributed by atoms with E-state index in [9.17, 15) is 8.42 Å². The van der Waals surface area contributed by atoms with Gasteiger partial charge in [0, 0.05) is 0 Å². The van der Waals surface area contributed by atoms with Gasteiger partial charge in [-0.25, -0.2) is 8.42 Å². The fraction of sp³-hybridized carbons (Fsp3) is 0.625. The van der Waals surface area contributed by atoms with Crippen LogP contribution in [0.4, 0.5) is 0 Å². The number of sulfone groups is 1. The van der Waals surface area contributed by atoms with Crippen LogP contribution in [-0.4, -0.2) is 22.2 Å². The van der Waals surface area contributed by atoms with Gasteiger partial charge in [0.25, 0.3) is 0 Å². The Balaban J connectivity index is 2.67. The Hall–Kier alpha value is -0.613. The fourth-order valence-corrected chi connectivity index (χ4v) is 7.84. The van der Waals surface area contributed by atoms with E-state index in [1.807, 2.05) is 19.1 Å². The van der Waals surface area contributed by atoms with Crippen LogP contribution in [-0.2, 0) is 9.84 Å². The lowest BCUT2D eigenvalue weighted by Gasteiger charge is -2.27. The molecular formula is C16H28O2SSi. The third-order valence-electron chi connectivity index (χ3n) is 4.75. The molecule has 0 heterocycles. The highest BCUT2D eigenvalue weighted by Crippen LogP contribution is 2.27. The molecule has 0 atom stereocenters. The van der Waals surface area contributed by atoms with Crippen molar-refractivity contribution in [1.82, 2.24) is 0 Å². The Morgan fingerprint density at radius 1 is 0.950 bits per heavy atom. The van der Waals surface area contributed by atoms with Gasteiger partial charge in [-0.05, 0) is 25.5 Å². The van der Waals surface area contributed by atoms with Crippen LogP contribution in [0.25, 0.3) is 0 Å². The van der Waals surface area contributed by atoms with Gasteiger partial charge in [0.05, 0.1) is 18.7 Å². The molecule has 0 bridgehead atoms. The summed E-state index contributed by atoms with van der Waals surface area (Å²) in [4.78, 5) is 0.472. The highest BCUT2D eigenvalue weighted by Gasteiger charge is 2.27. The molecule has 0 spiro atoms. The lowest BCUT2D eigenvalue weighted by molar-refractivity contribution is 0.594. The van der Waals surface area contributed by atoms with Crippen LogP contribution in [0.3, 0.4) is 0 Å². The molecule has 20 heavy (non-hydrogen) atoms. The zero-order valence-corrected chi connectivity index (χ0v) is 15.1. The molecule has 2 nitrogen and oxygen atoms in total. The summed E-state index contributed by atoms with van der Waals surface area (Å²) in [6.45, 7) is 8.79. The Bertz CT molecular complexity index is 494. The van der Waals surface area contributed by atoms with E-state index in [0.29, 0.717) is 10.6 Å². The Morgan fingerprint density at radius 3 is 1.90 bits per heavy atom. The molecular weight excluding hydrogens is 284 g/mol. The van der Waals surface area contributed by atoms with Gasteiger partial charge >= 0.3 is 0 Å². The Labute approximate surface area is 125 Å². The molecule has 0 aliphatic carbocycles. The van der Waals surface area contributed by atoms with E-state index in [4.69, 9.17) is 0 Å². The number of benzene rings is 1. The standard InChI is InChI=1S/C16H28O2SSi/c1-5-20(6-2,7-3)14-8-13-19(17,18)16-11-9-15(4)10-12-16/h9-12H,5-8,13-14H2,1-4H3. The molecule has 1 aromatic rings. The van der Waals surface area contributed by atoms with E-state index in [1.165, 1.54) is 18.1 Å². The molecule has 1 rings (SSSR count). The molecule has 4 heteroatoms. The van der Waals surface area contributed by atoms with E-state index >= 15 is 0 Å². The Morgan fingerprint density at radius 2 is 1.45 bits per heavy atom. The normalized spacial score (nSPS) is 12.6. The van der Waals surface area contributed by atoms with Gasteiger partial charge in [-0.2, -0.15) is 0 Å². The van der Waals surface area contributed by atoms with Gasteiger partial charge < -0.3 is 0 Å². The molecule has 0 saturated carbocycles. The van der Waals surface area contributed by atoms with Gasteiger partial charge in [0.1, 0.15) is 0 Å². The molecule has 0 aliphatic rings. The summed E-state index contributed by atoms with van der Waals surface area (Å²) in [5, 5.41) is 0. The molecule has 0 N–H and O–H groups in total. The summed E-state index contributed by atoms with van der Waals surface area (Å²) in [7, 11) is -4.29. The van der Waals surface area contributed by atoms with Crippen LogP contribution in [0, 0.1) is 6.92 Å². The lowest BCUT2D eigenvalue weighted by atomic mass is 10.2. The third-order valence-corrected chi connectivity index (χ3v) is 12.5. The zero-order chi connectivity index (χ0) is 15.2. The predicted octanol–water partition coefficient (Wildman–Crippen LogP) is 4.67. The van der Waals surface area contributed by atoms with Gasteiger partial charge in [-0.3, -0.25) is 0 Å². The largest absolute Gasteiger partial charge is 0.224 e. The molecule has 0 saturated heterocycles. The molecule has 114 valence electrons. The van der Waals surface area contributed by atoms with Crippen LogP contribution in [0.1, 0.15) is 32.8 Å². The summed E-state index contributed by atoms with van der Waals surface area (Å²) >= 11 is 0. The fourth-order valence-electron chi connectivity index (χ4n) is 2.78. The average molecular weight is 313 g/mol. The lowest BCUT2D eigenvalue weighted by Crippen LogP contribution is -2.31. The second kappa shape index (κ2) is 7.41. The van der Waals surface area contributed by atoms with Gasteiger partial charge in [0.2, 0.25) is 0 Å². The molecule has 0 fully saturated rings. The topological polar surface area (TPSA) is 34.1 Å². The number of aryl methyl sites for hydroxylation is 1. The molecule has 0 unspecified atom stereocenters. The van der Waals surface area contributed by atoms with Gasteiger partial charge in [0.15, 0.2) is 9.84 Å². The maximum Gasteiger partial charge on any atom is 0.178 e. The first kappa shape index (κ1) is 17.4. The first-order chi connectivity index (χ1) is 9.39. The smallest absolute Gasteiger partial charge is 0.178 e. The number of hydrogen-bond donors (Lipinski definition) is 0. The minimum absolute atomic E-state index is 0.296.